The highest BCUT2D eigenvalue weighted by Gasteiger charge is 2.17. The van der Waals surface area contributed by atoms with Crippen LogP contribution >= 0.6 is 0 Å². The van der Waals surface area contributed by atoms with Gasteiger partial charge in [-0.05, 0) is 23.6 Å². The van der Waals surface area contributed by atoms with E-state index in [-0.39, 0.29) is 16.5 Å². The Labute approximate surface area is 126 Å². The maximum absolute atomic E-state index is 13.1. The molecule has 2 aromatic carbocycles. The van der Waals surface area contributed by atoms with Crippen molar-refractivity contribution < 1.29 is 21.6 Å². The fourth-order valence-electron chi connectivity index (χ4n) is 1.86. The lowest BCUT2D eigenvalue weighted by atomic mass is 10.0. The zero-order valence-electron chi connectivity index (χ0n) is 11.9. The van der Waals surface area contributed by atoms with Crippen LogP contribution in [0.1, 0.15) is 25.3 Å². The summed E-state index contributed by atoms with van der Waals surface area (Å²) in [5.41, 5.74) is 0.571. The van der Waals surface area contributed by atoms with Crippen LogP contribution in [0, 0.1) is 17.5 Å². The monoisotopic (exact) mass is 329 g/mol. The van der Waals surface area contributed by atoms with Crippen LogP contribution in [0.5, 0.6) is 0 Å². The van der Waals surface area contributed by atoms with Gasteiger partial charge in [-0.15, -0.1) is 0 Å². The second kappa shape index (κ2) is 6.00. The van der Waals surface area contributed by atoms with E-state index in [1.54, 1.807) is 12.1 Å². The molecule has 3 nitrogen and oxygen atoms in total. The molecule has 0 saturated carbocycles. The van der Waals surface area contributed by atoms with E-state index in [0.717, 1.165) is 5.56 Å². The summed E-state index contributed by atoms with van der Waals surface area (Å²) in [5.74, 6) is -4.34. The summed E-state index contributed by atoms with van der Waals surface area (Å²) in [4.78, 5) is -0.0537. The van der Waals surface area contributed by atoms with Crippen LogP contribution in [0.25, 0.3) is 0 Å². The van der Waals surface area contributed by atoms with Gasteiger partial charge in [0.1, 0.15) is 0 Å². The van der Waals surface area contributed by atoms with Crippen molar-refractivity contribution in [1.82, 2.24) is 0 Å². The Morgan fingerprint density at radius 3 is 1.91 bits per heavy atom. The predicted octanol–water partition coefficient (Wildman–Crippen LogP) is 4.03. The van der Waals surface area contributed by atoms with Gasteiger partial charge in [0, 0.05) is 12.1 Å². The summed E-state index contributed by atoms with van der Waals surface area (Å²) < 4.78 is 65.4. The molecule has 1 N–H and O–H groups in total. The van der Waals surface area contributed by atoms with Gasteiger partial charge in [-0.3, -0.25) is 4.72 Å². The Hall–Kier alpha value is -2.02. The molecule has 2 rings (SSSR count). The molecule has 0 aromatic heterocycles. The Bertz CT molecular complexity index is 764. The highest BCUT2D eigenvalue weighted by Crippen LogP contribution is 2.22. The third kappa shape index (κ3) is 3.41. The van der Waals surface area contributed by atoms with Gasteiger partial charge in [0.25, 0.3) is 10.0 Å². The molecule has 0 saturated heterocycles. The number of halogens is 3. The second-order valence-electron chi connectivity index (χ2n) is 5.08. The van der Waals surface area contributed by atoms with E-state index in [0.29, 0.717) is 12.1 Å². The molecule has 0 unspecified atom stereocenters. The van der Waals surface area contributed by atoms with Crippen molar-refractivity contribution in [2.24, 2.45) is 0 Å². The largest absolute Gasteiger partial charge is 0.279 e. The van der Waals surface area contributed by atoms with Crippen LogP contribution in [0.15, 0.2) is 41.3 Å². The molecule has 118 valence electrons. The fraction of sp³-hybridized carbons (Fsp3) is 0.200. The molecule has 22 heavy (non-hydrogen) atoms. The number of benzene rings is 2. The van der Waals surface area contributed by atoms with Gasteiger partial charge >= 0.3 is 0 Å². The van der Waals surface area contributed by atoms with Crippen LogP contribution in [0.3, 0.4) is 0 Å². The van der Waals surface area contributed by atoms with Gasteiger partial charge in [0.15, 0.2) is 17.5 Å². The summed E-state index contributed by atoms with van der Waals surface area (Å²) >= 11 is 0. The minimum atomic E-state index is -4.01. The number of hydrogen-bond acceptors (Lipinski definition) is 2. The minimum Gasteiger partial charge on any atom is -0.279 e. The van der Waals surface area contributed by atoms with Crippen molar-refractivity contribution in [1.29, 1.82) is 0 Å². The van der Waals surface area contributed by atoms with E-state index < -0.39 is 27.5 Å². The minimum absolute atomic E-state index is 0.0537. The highest BCUT2D eigenvalue weighted by molar-refractivity contribution is 7.92. The first-order valence-corrected chi connectivity index (χ1v) is 7.96. The van der Waals surface area contributed by atoms with Gasteiger partial charge < -0.3 is 0 Å². The molecule has 0 atom stereocenters. The zero-order chi connectivity index (χ0) is 16.5. The number of anilines is 1. The van der Waals surface area contributed by atoms with Crippen molar-refractivity contribution in [2.75, 3.05) is 4.72 Å². The summed E-state index contributed by atoms with van der Waals surface area (Å²) in [5, 5.41) is 0. The van der Waals surface area contributed by atoms with E-state index >= 15 is 0 Å². The first-order chi connectivity index (χ1) is 10.2. The van der Waals surface area contributed by atoms with Gasteiger partial charge in [0.2, 0.25) is 0 Å². The number of sulfonamides is 1. The topological polar surface area (TPSA) is 46.2 Å². The molecule has 0 radical (unpaired) electrons. The maximum atomic E-state index is 13.1. The van der Waals surface area contributed by atoms with E-state index in [1.807, 2.05) is 18.6 Å². The summed E-state index contributed by atoms with van der Waals surface area (Å²) in [6, 6.07) is 7.27. The standard InChI is InChI=1S/C15H14F3NO2S/c1-9(2)10-3-5-12(6-4-10)22(20,21)19-11-7-13(16)15(18)14(17)8-11/h3-9,19H,1-2H3. The Morgan fingerprint density at radius 1 is 0.955 bits per heavy atom. The van der Waals surface area contributed by atoms with Gasteiger partial charge in [-0.2, -0.15) is 0 Å². The Kier molecular flexibility index (Phi) is 4.46. The Balaban J connectivity index is 2.31. The molecule has 0 aliphatic carbocycles. The first kappa shape index (κ1) is 16.4. The van der Waals surface area contributed by atoms with Crippen LogP contribution < -0.4 is 4.72 Å². The van der Waals surface area contributed by atoms with E-state index in [2.05, 4.69) is 0 Å². The van der Waals surface area contributed by atoms with E-state index in [9.17, 15) is 21.6 Å². The van der Waals surface area contributed by atoms with E-state index in [4.69, 9.17) is 0 Å². The lowest BCUT2D eigenvalue weighted by Crippen LogP contribution is -2.13. The fourth-order valence-corrected chi connectivity index (χ4v) is 2.90. The lowest BCUT2D eigenvalue weighted by Gasteiger charge is -2.10. The third-order valence-corrected chi connectivity index (χ3v) is 4.49. The molecular formula is C15H14F3NO2S. The molecule has 0 heterocycles. The average Bonchev–Trinajstić information content (AvgIpc) is 2.44. The Morgan fingerprint density at radius 2 is 1.45 bits per heavy atom. The van der Waals surface area contributed by atoms with Crippen molar-refractivity contribution in [3.8, 4) is 0 Å². The van der Waals surface area contributed by atoms with Crippen LogP contribution in [0.4, 0.5) is 18.9 Å². The van der Waals surface area contributed by atoms with Crippen LogP contribution in [-0.4, -0.2) is 8.42 Å². The third-order valence-electron chi connectivity index (χ3n) is 3.09. The van der Waals surface area contributed by atoms with Crippen LogP contribution in [0.2, 0.25) is 0 Å². The van der Waals surface area contributed by atoms with Crippen molar-refractivity contribution in [3.63, 3.8) is 0 Å². The van der Waals surface area contributed by atoms with Crippen molar-refractivity contribution in [2.45, 2.75) is 24.7 Å². The second-order valence-corrected chi connectivity index (χ2v) is 6.77. The summed E-state index contributed by atoms with van der Waals surface area (Å²) in [7, 11) is -4.01. The average molecular weight is 329 g/mol. The molecular weight excluding hydrogens is 315 g/mol. The van der Waals surface area contributed by atoms with Crippen molar-refractivity contribution >= 4 is 15.7 Å². The van der Waals surface area contributed by atoms with Gasteiger partial charge in [0.05, 0.1) is 10.6 Å². The normalized spacial score (nSPS) is 11.7. The molecule has 0 spiro atoms. The first-order valence-electron chi connectivity index (χ1n) is 6.48. The maximum Gasteiger partial charge on any atom is 0.261 e. The SMILES string of the molecule is CC(C)c1ccc(S(=O)(=O)Nc2cc(F)c(F)c(F)c2)cc1. The smallest absolute Gasteiger partial charge is 0.261 e. The van der Waals surface area contributed by atoms with Crippen LogP contribution in [-0.2, 0) is 10.0 Å². The van der Waals surface area contributed by atoms with E-state index in [1.165, 1.54) is 12.1 Å². The number of hydrogen-bond donors (Lipinski definition) is 1. The molecule has 0 bridgehead atoms. The highest BCUT2D eigenvalue weighted by atomic mass is 32.2. The summed E-state index contributed by atoms with van der Waals surface area (Å²) in [6.45, 7) is 3.93. The molecule has 0 aliphatic heterocycles. The molecule has 2 aromatic rings. The molecule has 0 aliphatic rings. The van der Waals surface area contributed by atoms with Gasteiger partial charge in [-0.1, -0.05) is 26.0 Å². The predicted molar refractivity (Wildman–Crippen MR) is 77.7 cm³/mol. The molecule has 7 heteroatoms. The molecule has 0 fully saturated rings. The van der Waals surface area contributed by atoms with Gasteiger partial charge in [-0.25, -0.2) is 21.6 Å². The number of nitrogens with one attached hydrogen (secondary N) is 1. The molecule has 0 amide bonds. The number of rotatable bonds is 4. The summed E-state index contributed by atoms with van der Waals surface area (Å²) in [6.07, 6.45) is 0. The zero-order valence-corrected chi connectivity index (χ0v) is 12.7. The quantitative estimate of drug-likeness (QED) is 0.861. The lowest BCUT2D eigenvalue weighted by molar-refractivity contribution is 0.448. The van der Waals surface area contributed by atoms with Crippen molar-refractivity contribution in [3.05, 3.63) is 59.4 Å².